The van der Waals surface area contributed by atoms with Gasteiger partial charge in [-0.05, 0) is 6.42 Å². The number of hydrogen-bond donors (Lipinski definition) is 2. The first-order valence-electron chi connectivity index (χ1n) is 7.78. The zero-order valence-corrected chi connectivity index (χ0v) is 13.0. The summed E-state index contributed by atoms with van der Waals surface area (Å²) in [5.41, 5.74) is 2.55. The maximum absolute atomic E-state index is 11.5. The molecule has 1 amide bonds. The summed E-state index contributed by atoms with van der Waals surface area (Å²) in [4.78, 5) is 21.9. The van der Waals surface area contributed by atoms with Gasteiger partial charge in [0.15, 0.2) is 0 Å². The molecule has 0 saturated heterocycles. The monoisotopic (exact) mass is 286 g/mol. The van der Waals surface area contributed by atoms with Crippen LogP contribution in [0.2, 0.25) is 0 Å². The van der Waals surface area contributed by atoms with Gasteiger partial charge in [0.25, 0.3) is 0 Å². The van der Waals surface area contributed by atoms with Gasteiger partial charge in [0, 0.05) is 13.5 Å². The van der Waals surface area contributed by atoms with E-state index >= 15 is 0 Å². The minimum atomic E-state index is -0.948. The predicted molar refractivity (Wildman–Crippen MR) is 80.3 cm³/mol. The van der Waals surface area contributed by atoms with Crippen molar-refractivity contribution in [3.8, 4) is 0 Å². The predicted octanol–water partition coefficient (Wildman–Crippen LogP) is 2.95. The van der Waals surface area contributed by atoms with E-state index in [1.165, 1.54) is 50.0 Å². The molecule has 0 aromatic carbocycles. The molecule has 0 aliphatic carbocycles. The zero-order valence-electron chi connectivity index (χ0n) is 13.0. The summed E-state index contributed by atoms with van der Waals surface area (Å²) in [7, 11) is 1.56. The Bertz CT molecular complexity index is 270. The average molecular weight is 286 g/mol. The number of carbonyl (C=O) groups is 2. The third kappa shape index (κ3) is 13.3. The fourth-order valence-electron chi connectivity index (χ4n) is 2.11. The standard InChI is InChI=1S/C15H30N2O3/c1-3-4-5-6-7-8-9-10-11-12-14(18)16-17(2)13-15(19)20/h3-13H2,1-2H3,(H,16,18)(H,19,20). The van der Waals surface area contributed by atoms with Crippen LogP contribution in [0, 0.1) is 0 Å². The lowest BCUT2D eigenvalue weighted by Gasteiger charge is -2.15. The maximum Gasteiger partial charge on any atom is 0.319 e. The molecule has 0 unspecified atom stereocenters. The number of carbonyl (C=O) groups excluding carboxylic acids is 1. The Morgan fingerprint density at radius 2 is 1.45 bits per heavy atom. The molecule has 5 nitrogen and oxygen atoms in total. The van der Waals surface area contributed by atoms with E-state index in [9.17, 15) is 9.59 Å². The molecule has 0 atom stereocenters. The normalized spacial score (nSPS) is 10.8. The molecule has 0 aliphatic heterocycles. The minimum Gasteiger partial charge on any atom is -0.480 e. The molecular formula is C15H30N2O3. The van der Waals surface area contributed by atoms with Crippen LogP contribution in [0.5, 0.6) is 0 Å². The molecule has 5 heteroatoms. The quantitative estimate of drug-likeness (QED) is 0.403. The number of aliphatic carboxylic acids is 1. The molecule has 0 radical (unpaired) electrons. The van der Waals surface area contributed by atoms with E-state index in [1.54, 1.807) is 7.05 Å². The molecule has 0 fully saturated rings. The van der Waals surface area contributed by atoms with Crippen LogP contribution in [-0.2, 0) is 9.59 Å². The molecule has 118 valence electrons. The van der Waals surface area contributed by atoms with Crippen molar-refractivity contribution in [3.63, 3.8) is 0 Å². The number of hydrazine groups is 1. The SMILES string of the molecule is CCCCCCCCCCCC(=O)NN(C)CC(=O)O. The Kier molecular flexibility index (Phi) is 12.2. The van der Waals surface area contributed by atoms with E-state index in [4.69, 9.17) is 5.11 Å². The summed E-state index contributed by atoms with van der Waals surface area (Å²) in [6, 6.07) is 0. The summed E-state index contributed by atoms with van der Waals surface area (Å²) >= 11 is 0. The average Bonchev–Trinajstić information content (AvgIpc) is 2.35. The van der Waals surface area contributed by atoms with E-state index in [1.807, 2.05) is 0 Å². The van der Waals surface area contributed by atoms with Crippen LogP contribution in [0.3, 0.4) is 0 Å². The van der Waals surface area contributed by atoms with Gasteiger partial charge in [-0.3, -0.25) is 15.0 Å². The van der Waals surface area contributed by atoms with Crippen LogP contribution in [0.1, 0.15) is 71.1 Å². The molecule has 0 aromatic rings. The molecule has 20 heavy (non-hydrogen) atoms. The summed E-state index contributed by atoms with van der Waals surface area (Å²) in [5.74, 6) is -1.05. The number of hydrogen-bond acceptors (Lipinski definition) is 3. The summed E-state index contributed by atoms with van der Waals surface area (Å²) < 4.78 is 0. The van der Waals surface area contributed by atoms with E-state index in [-0.39, 0.29) is 12.5 Å². The summed E-state index contributed by atoms with van der Waals surface area (Å²) in [5, 5.41) is 9.86. The molecule has 2 N–H and O–H groups in total. The second-order valence-electron chi connectivity index (χ2n) is 5.36. The smallest absolute Gasteiger partial charge is 0.319 e. The summed E-state index contributed by atoms with van der Waals surface area (Å²) in [6.07, 6.45) is 11.5. The zero-order chi connectivity index (χ0) is 15.2. The largest absolute Gasteiger partial charge is 0.480 e. The van der Waals surface area contributed by atoms with Gasteiger partial charge in [-0.15, -0.1) is 0 Å². The van der Waals surface area contributed by atoms with Crippen molar-refractivity contribution in [2.75, 3.05) is 13.6 Å². The minimum absolute atomic E-state index is 0.100. The Balaban J connectivity index is 3.33. The van der Waals surface area contributed by atoms with E-state index in [0.717, 1.165) is 12.8 Å². The van der Waals surface area contributed by atoms with Gasteiger partial charge in [-0.25, -0.2) is 5.01 Å². The lowest BCUT2D eigenvalue weighted by atomic mass is 10.1. The highest BCUT2D eigenvalue weighted by atomic mass is 16.4. The van der Waals surface area contributed by atoms with Crippen molar-refractivity contribution in [2.24, 2.45) is 0 Å². The number of carboxylic acid groups (broad SMARTS) is 1. The topological polar surface area (TPSA) is 69.6 Å². The highest BCUT2D eigenvalue weighted by Crippen LogP contribution is 2.10. The van der Waals surface area contributed by atoms with Crippen molar-refractivity contribution >= 4 is 11.9 Å². The Morgan fingerprint density at radius 3 is 1.95 bits per heavy atom. The van der Waals surface area contributed by atoms with Crippen LogP contribution in [0.25, 0.3) is 0 Å². The Morgan fingerprint density at radius 1 is 0.950 bits per heavy atom. The van der Waals surface area contributed by atoms with E-state index in [2.05, 4.69) is 12.3 Å². The Hall–Kier alpha value is -1.10. The number of nitrogens with one attached hydrogen (secondary N) is 1. The van der Waals surface area contributed by atoms with Crippen LogP contribution in [0.4, 0.5) is 0 Å². The Labute approximate surface area is 122 Å². The first kappa shape index (κ1) is 18.9. The van der Waals surface area contributed by atoms with Crippen molar-refractivity contribution < 1.29 is 14.7 Å². The van der Waals surface area contributed by atoms with Crippen molar-refractivity contribution in [1.82, 2.24) is 10.4 Å². The van der Waals surface area contributed by atoms with Crippen LogP contribution < -0.4 is 5.43 Å². The van der Waals surface area contributed by atoms with Gasteiger partial charge < -0.3 is 5.11 Å². The molecule has 0 aromatic heterocycles. The van der Waals surface area contributed by atoms with Crippen molar-refractivity contribution in [3.05, 3.63) is 0 Å². The third-order valence-electron chi connectivity index (χ3n) is 3.20. The molecule has 0 saturated carbocycles. The summed E-state index contributed by atoms with van der Waals surface area (Å²) in [6.45, 7) is 2.04. The molecule has 0 aliphatic rings. The number of carboxylic acids is 1. The van der Waals surface area contributed by atoms with Gasteiger partial charge in [-0.1, -0.05) is 58.3 Å². The highest BCUT2D eigenvalue weighted by molar-refractivity contribution is 5.76. The van der Waals surface area contributed by atoms with Crippen molar-refractivity contribution in [1.29, 1.82) is 0 Å². The second kappa shape index (κ2) is 12.9. The fourth-order valence-corrected chi connectivity index (χ4v) is 2.11. The maximum atomic E-state index is 11.5. The first-order chi connectivity index (χ1) is 9.56. The highest BCUT2D eigenvalue weighted by Gasteiger charge is 2.07. The number of likely N-dealkylation sites (N-methyl/N-ethyl adjacent to an activating group) is 1. The van der Waals surface area contributed by atoms with E-state index < -0.39 is 5.97 Å². The first-order valence-corrected chi connectivity index (χ1v) is 7.78. The lowest BCUT2D eigenvalue weighted by Crippen LogP contribution is -2.42. The number of amides is 1. The number of unbranched alkanes of at least 4 members (excludes halogenated alkanes) is 8. The van der Waals surface area contributed by atoms with Crippen molar-refractivity contribution in [2.45, 2.75) is 71.1 Å². The number of nitrogens with zero attached hydrogens (tertiary/aromatic N) is 1. The third-order valence-corrected chi connectivity index (χ3v) is 3.20. The van der Waals surface area contributed by atoms with Crippen LogP contribution in [0.15, 0.2) is 0 Å². The molecule has 0 rings (SSSR count). The van der Waals surface area contributed by atoms with Gasteiger partial charge >= 0.3 is 5.97 Å². The molecule has 0 spiro atoms. The van der Waals surface area contributed by atoms with Crippen LogP contribution in [-0.4, -0.2) is 35.6 Å². The fraction of sp³-hybridized carbons (Fsp3) is 0.867. The van der Waals surface area contributed by atoms with Gasteiger partial charge in [0.05, 0.1) is 0 Å². The van der Waals surface area contributed by atoms with Crippen LogP contribution >= 0.6 is 0 Å². The molecule has 0 heterocycles. The van der Waals surface area contributed by atoms with Gasteiger partial charge in [-0.2, -0.15) is 0 Å². The second-order valence-corrected chi connectivity index (χ2v) is 5.36. The number of rotatable bonds is 13. The molecular weight excluding hydrogens is 256 g/mol. The van der Waals surface area contributed by atoms with Gasteiger partial charge in [0.1, 0.15) is 6.54 Å². The van der Waals surface area contributed by atoms with Gasteiger partial charge in [0.2, 0.25) is 5.91 Å². The lowest BCUT2D eigenvalue weighted by molar-refractivity contribution is -0.139. The molecule has 0 bridgehead atoms. The van der Waals surface area contributed by atoms with E-state index in [0.29, 0.717) is 6.42 Å².